The van der Waals surface area contributed by atoms with Gasteiger partial charge in [-0.2, -0.15) is 0 Å². The molecule has 0 aromatic rings. The van der Waals surface area contributed by atoms with E-state index in [0.717, 1.165) is 0 Å². The third kappa shape index (κ3) is 2.76. The van der Waals surface area contributed by atoms with Gasteiger partial charge in [-0.25, -0.2) is 4.79 Å². The van der Waals surface area contributed by atoms with Crippen molar-refractivity contribution in [3.8, 4) is 0 Å². The summed E-state index contributed by atoms with van der Waals surface area (Å²) in [6.07, 6.45) is 1.07. The predicted octanol–water partition coefficient (Wildman–Crippen LogP) is 0.763. The van der Waals surface area contributed by atoms with Gasteiger partial charge in [0.1, 0.15) is 6.61 Å². The summed E-state index contributed by atoms with van der Waals surface area (Å²) in [4.78, 5) is 10.4. The summed E-state index contributed by atoms with van der Waals surface area (Å²) < 4.78 is 14.4. The van der Waals surface area contributed by atoms with Crippen molar-refractivity contribution < 1.29 is 19.0 Å². The van der Waals surface area contributed by atoms with Gasteiger partial charge in [0.15, 0.2) is 6.10 Å². The van der Waals surface area contributed by atoms with Gasteiger partial charge in [-0.05, 0) is 6.42 Å². The number of carbonyl (C=O) groups excluding carboxylic acids is 1. The Labute approximate surface area is 65.4 Å². The topological polar surface area (TPSA) is 44.8 Å². The van der Waals surface area contributed by atoms with Gasteiger partial charge < -0.3 is 14.2 Å². The van der Waals surface area contributed by atoms with Crippen molar-refractivity contribution >= 4 is 6.16 Å². The summed E-state index contributed by atoms with van der Waals surface area (Å²) in [5.74, 6) is 0. The van der Waals surface area contributed by atoms with Gasteiger partial charge in [0.2, 0.25) is 0 Å². The molecule has 1 rings (SSSR count). The standard InChI is InChI=1S/C7H11O4/c1-2-3-9-4-6-5-10-7(8)11-6/h2,6H,3-5H2,1H3. The van der Waals surface area contributed by atoms with Gasteiger partial charge in [0.05, 0.1) is 6.61 Å². The Morgan fingerprint density at radius 2 is 2.64 bits per heavy atom. The summed E-state index contributed by atoms with van der Waals surface area (Å²) in [6.45, 7) is 3.20. The van der Waals surface area contributed by atoms with E-state index in [1.807, 2.05) is 13.3 Å². The van der Waals surface area contributed by atoms with E-state index in [1.54, 1.807) is 0 Å². The lowest BCUT2D eigenvalue weighted by Crippen LogP contribution is -2.18. The fourth-order valence-electron chi connectivity index (χ4n) is 0.765. The van der Waals surface area contributed by atoms with E-state index in [0.29, 0.717) is 19.8 Å². The van der Waals surface area contributed by atoms with E-state index in [-0.39, 0.29) is 6.10 Å². The molecule has 11 heavy (non-hydrogen) atoms. The number of hydrogen-bond acceptors (Lipinski definition) is 4. The molecule has 1 unspecified atom stereocenters. The molecule has 0 spiro atoms. The molecule has 1 aliphatic rings. The highest BCUT2D eigenvalue weighted by Gasteiger charge is 2.24. The van der Waals surface area contributed by atoms with Crippen molar-refractivity contribution in [3.05, 3.63) is 6.42 Å². The molecule has 1 heterocycles. The number of ether oxygens (including phenoxy) is 3. The minimum Gasteiger partial charge on any atom is -0.430 e. The molecule has 0 saturated carbocycles. The Morgan fingerprint density at radius 3 is 3.18 bits per heavy atom. The molecule has 0 N–H and O–H groups in total. The molecule has 1 atom stereocenters. The molecule has 1 saturated heterocycles. The quantitative estimate of drug-likeness (QED) is 0.448. The van der Waals surface area contributed by atoms with Gasteiger partial charge >= 0.3 is 6.16 Å². The first-order valence-corrected chi connectivity index (χ1v) is 3.52. The third-order valence-corrected chi connectivity index (χ3v) is 1.24. The van der Waals surface area contributed by atoms with Crippen LogP contribution in [0.3, 0.4) is 0 Å². The lowest BCUT2D eigenvalue weighted by molar-refractivity contribution is 0.0545. The van der Waals surface area contributed by atoms with Crippen molar-refractivity contribution in [1.29, 1.82) is 0 Å². The van der Waals surface area contributed by atoms with Crippen LogP contribution >= 0.6 is 0 Å². The zero-order valence-corrected chi connectivity index (χ0v) is 6.41. The minimum atomic E-state index is -0.598. The summed E-state index contributed by atoms with van der Waals surface area (Å²) in [7, 11) is 0. The Morgan fingerprint density at radius 1 is 1.82 bits per heavy atom. The minimum absolute atomic E-state index is 0.220. The van der Waals surface area contributed by atoms with E-state index in [9.17, 15) is 4.79 Å². The van der Waals surface area contributed by atoms with Crippen molar-refractivity contribution in [2.45, 2.75) is 13.0 Å². The maximum atomic E-state index is 10.4. The maximum Gasteiger partial charge on any atom is 0.508 e. The fourth-order valence-corrected chi connectivity index (χ4v) is 0.765. The Balaban J connectivity index is 2.04. The van der Waals surface area contributed by atoms with E-state index < -0.39 is 6.16 Å². The molecule has 0 amide bonds. The second-order valence-corrected chi connectivity index (χ2v) is 2.25. The van der Waals surface area contributed by atoms with Crippen LogP contribution in [0.15, 0.2) is 0 Å². The summed E-state index contributed by atoms with van der Waals surface area (Å²) >= 11 is 0. The second-order valence-electron chi connectivity index (χ2n) is 2.25. The zero-order chi connectivity index (χ0) is 8.10. The molecule has 0 aromatic heterocycles. The van der Waals surface area contributed by atoms with E-state index >= 15 is 0 Å². The fraction of sp³-hybridized carbons (Fsp3) is 0.714. The van der Waals surface area contributed by atoms with Crippen molar-refractivity contribution in [2.75, 3.05) is 19.8 Å². The molecule has 1 aliphatic heterocycles. The van der Waals surface area contributed by atoms with Gasteiger partial charge in [-0.1, -0.05) is 6.92 Å². The Kier molecular flexibility index (Phi) is 3.16. The normalized spacial score (nSPS) is 23.0. The highest BCUT2D eigenvalue weighted by Crippen LogP contribution is 2.05. The molecular weight excluding hydrogens is 148 g/mol. The molecule has 4 nitrogen and oxygen atoms in total. The first-order chi connectivity index (χ1) is 5.33. The van der Waals surface area contributed by atoms with Crippen LogP contribution in [0.2, 0.25) is 0 Å². The first-order valence-electron chi connectivity index (χ1n) is 3.52. The largest absolute Gasteiger partial charge is 0.508 e. The average molecular weight is 159 g/mol. The zero-order valence-electron chi connectivity index (χ0n) is 6.41. The van der Waals surface area contributed by atoms with Crippen LogP contribution in [0.25, 0.3) is 0 Å². The monoisotopic (exact) mass is 159 g/mol. The van der Waals surface area contributed by atoms with Gasteiger partial charge in [0.25, 0.3) is 0 Å². The number of rotatable bonds is 4. The van der Waals surface area contributed by atoms with Crippen LogP contribution < -0.4 is 0 Å². The third-order valence-electron chi connectivity index (χ3n) is 1.24. The molecular formula is C7H11O4. The van der Waals surface area contributed by atoms with Crippen LogP contribution in [0.4, 0.5) is 4.79 Å². The van der Waals surface area contributed by atoms with E-state index in [4.69, 9.17) is 9.47 Å². The van der Waals surface area contributed by atoms with E-state index in [2.05, 4.69) is 4.74 Å². The van der Waals surface area contributed by atoms with E-state index in [1.165, 1.54) is 0 Å². The Bertz CT molecular complexity index is 134. The predicted molar refractivity (Wildman–Crippen MR) is 37.0 cm³/mol. The average Bonchev–Trinajstić information content (AvgIpc) is 2.37. The second kappa shape index (κ2) is 4.18. The molecule has 4 heteroatoms. The maximum absolute atomic E-state index is 10.4. The number of hydrogen-bond donors (Lipinski definition) is 0. The van der Waals surface area contributed by atoms with Gasteiger partial charge in [-0.3, -0.25) is 0 Å². The highest BCUT2D eigenvalue weighted by atomic mass is 16.8. The summed E-state index contributed by atoms with van der Waals surface area (Å²) in [5.41, 5.74) is 0. The van der Waals surface area contributed by atoms with Crippen LogP contribution in [0, 0.1) is 6.42 Å². The lowest BCUT2D eigenvalue weighted by Gasteiger charge is -2.05. The molecule has 1 fully saturated rings. The van der Waals surface area contributed by atoms with Crippen LogP contribution in [-0.2, 0) is 14.2 Å². The van der Waals surface area contributed by atoms with Gasteiger partial charge in [-0.15, -0.1) is 0 Å². The molecule has 1 radical (unpaired) electrons. The van der Waals surface area contributed by atoms with Crippen molar-refractivity contribution in [1.82, 2.24) is 0 Å². The Hall–Kier alpha value is -0.770. The van der Waals surface area contributed by atoms with Crippen molar-refractivity contribution in [2.24, 2.45) is 0 Å². The molecule has 0 bridgehead atoms. The molecule has 0 aromatic carbocycles. The van der Waals surface area contributed by atoms with Crippen LogP contribution in [-0.4, -0.2) is 32.1 Å². The van der Waals surface area contributed by atoms with Gasteiger partial charge in [0, 0.05) is 6.61 Å². The van der Waals surface area contributed by atoms with Crippen LogP contribution in [0.5, 0.6) is 0 Å². The summed E-state index contributed by atoms with van der Waals surface area (Å²) in [5, 5.41) is 0. The lowest BCUT2D eigenvalue weighted by atomic mass is 10.4. The summed E-state index contributed by atoms with van der Waals surface area (Å²) in [6, 6.07) is 0. The number of carbonyl (C=O) groups is 1. The SMILES string of the molecule is C[CH]COCC1COC(=O)O1. The van der Waals surface area contributed by atoms with Crippen molar-refractivity contribution in [3.63, 3.8) is 0 Å². The highest BCUT2D eigenvalue weighted by molar-refractivity contribution is 5.61. The molecule has 63 valence electrons. The number of cyclic esters (lactones) is 2. The smallest absolute Gasteiger partial charge is 0.430 e. The van der Waals surface area contributed by atoms with Crippen LogP contribution in [0.1, 0.15) is 6.92 Å². The molecule has 0 aliphatic carbocycles. The first kappa shape index (κ1) is 8.33.